The second-order valence-electron chi connectivity index (χ2n) is 3.40. The van der Waals surface area contributed by atoms with E-state index in [9.17, 15) is 4.79 Å². The van der Waals surface area contributed by atoms with Gasteiger partial charge in [-0.3, -0.25) is 5.32 Å². The number of anilines is 1. The molecule has 88 valence electrons. The number of aryl methyl sites for hydroxylation is 1. The van der Waals surface area contributed by atoms with E-state index in [2.05, 4.69) is 26.4 Å². The Morgan fingerprint density at radius 2 is 2.06 bits per heavy atom. The van der Waals surface area contributed by atoms with Crippen LogP contribution in [0.25, 0.3) is 11.3 Å². The van der Waals surface area contributed by atoms with Crippen LogP contribution in [-0.4, -0.2) is 16.4 Å². The quantitative estimate of drug-likeness (QED) is 0.889. The van der Waals surface area contributed by atoms with E-state index in [1.54, 1.807) is 6.92 Å². The van der Waals surface area contributed by atoms with Gasteiger partial charge in [0.15, 0.2) is 5.76 Å². The number of amides is 1. The maximum atomic E-state index is 10.7. The van der Waals surface area contributed by atoms with E-state index in [0.717, 1.165) is 10.0 Å². The van der Waals surface area contributed by atoms with Crippen molar-refractivity contribution in [3.8, 4) is 11.3 Å². The molecule has 0 unspecified atom stereocenters. The summed E-state index contributed by atoms with van der Waals surface area (Å²) in [6.07, 6.45) is -1.14. The molecule has 6 heteroatoms. The highest BCUT2D eigenvalue weighted by atomic mass is 79.9. The van der Waals surface area contributed by atoms with Gasteiger partial charge in [-0.1, -0.05) is 33.2 Å². The summed E-state index contributed by atoms with van der Waals surface area (Å²) in [6.45, 7) is 1.65. The Labute approximate surface area is 106 Å². The highest BCUT2D eigenvalue weighted by molar-refractivity contribution is 9.10. The SMILES string of the molecule is Cc1onc(-c2ccc(Br)cc2)c1NC(=O)O. The summed E-state index contributed by atoms with van der Waals surface area (Å²) in [7, 11) is 0. The van der Waals surface area contributed by atoms with Crippen LogP contribution >= 0.6 is 15.9 Å². The molecule has 5 nitrogen and oxygen atoms in total. The topological polar surface area (TPSA) is 75.4 Å². The third kappa shape index (κ3) is 2.47. The minimum Gasteiger partial charge on any atom is -0.465 e. The first-order valence-electron chi connectivity index (χ1n) is 4.80. The molecule has 2 aromatic rings. The molecule has 0 radical (unpaired) electrons. The summed E-state index contributed by atoms with van der Waals surface area (Å²) in [5.74, 6) is 0.435. The van der Waals surface area contributed by atoms with Gasteiger partial charge in [0, 0.05) is 10.0 Å². The molecule has 2 rings (SSSR count). The first-order valence-corrected chi connectivity index (χ1v) is 5.59. The fraction of sp³-hybridized carbons (Fsp3) is 0.0909. The van der Waals surface area contributed by atoms with Crippen LogP contribution in [0.15, 0.2) is 33.3 Å². The van der Waals surface area contributed by atoms with Crippen molar-refractivity contribution in [1.29, 1.82) is 0 Å². The standard InChI is InChI=1S/C11H9BrN2O3/c1-6-9(13-11(15)16)10(14-17-6)7-2-4-8(12)5-3-7/h2-5,13H,1H3,(H,15,16). The molecule has 0 fully saturated rings. The first-order chi connectivity index (χ1) is 8.08. The van der Waals surface area contributed by atoms with Crippen LogP contribution in [0.4, 0.5) is 10.5 Å². The van der Waals surface area contributed by atoms with Crippen molar-refractivity contribution in [2.45, 2.75) is 6.92 Å². The van der Waals surface area contributed by atoms with E-state index in [1.165, 1.54) is 0 Å². The fourth-order valence-electron chi connectivity index (χ4n) is 1.43. The zero-order valence-corrected chi connectivity index (χ0v) is 10.5. The van der Waals surface area contributed by atoms with Gasteiger partial charge < -0.3 is 9.63 Å². The lowest BCUT2D eigenvalue weighted by Crippen LogP contribution is -2.08. The van der Waals surface area contributed by atoms with E-state index in [1.807, 2.05) is 24.3 Å². The number of carbonyl (C=O) groups is 1. The number of benzene rings is 1. The Bertz CT molecular complexity index is 548. The molecule has 0 saturated heterocycles. The molecule has 2 N–H and O–H groups in total. The van der Waals surface area contributed by atoms with Gasteiger partial charge in [0.25, 0.3) is 0 Å². The predicted octanol–water partition coefficient (Wildman–Crippen LogP) is 3.50. The highest BCUT2D eigenvalue weighted by Crippen LogP contribution is 2.30. The minimum atomic E-state index is -1.14. The molecule has 0 aliphatic carbocycles. The molecular formula is C11H9BrN2O3. The van der Waals surface area contributed by atoms with Crippen molar-refractivity contribution in [2.24, 2.45) is 0 Å². The molecule has 0 bridgehead atoms. The van der Waals surface area contributed by atoms with Crippen LogP contribution in [0.2, 0.25) is 0 Å². The maximum Gasteiger partial charge on any atom is 0.409 e. The molecule has 1 amide bonds. The monoisotopic (exact) mass is 296 g/mol. The summed E-state index contributed by atoms with van der Waals surface area (Å²) >= 11 is 3.33. The molecule has 1 heterocycles. The number of carboxylic acid groups (broad SMARTS) is 1. The van der Waals surface area contributed by atoms with E-state index in [4.69, 9.17) is 9.63 Å². The van der Waals surface area contributed by atoms with E-state index in [-0.39, 0.29) is 0 Å². The van der Waals surface area contributed by atoms with Gasteiger partial charge in [-0.15, -0.1) is 0 Å². The predicted molar refractivity (Wildman–Crippen MR) is 66.0 cm³/mol. The third-order valence-electron chi connectivity index (χ3n) is 2.21. The molecule has 1 aromatic heterocycles. The van der Waals surface area contributed by atoms with Gasteiger partial charge >= 0.3 is 6.09 Å². The lowest BCUT2D eigenvalue weighted by Gasteiger charge is -2.01. The first kappa shape index (κ1) is 11.7. The van der Waals surface area contributed by atoms with Crippen LogP contribution in [0.5, 0.6) is 0 Å². The van der Waals surface area contributed by atoms with Gasteiger partial charge in [0.2, 0.25) is 0 Å². The number of aromatic nitrogens is 1. The highest BCUT2D eigenvalue weighted by Gasteiger charge is 2.16. The van der Waals surface area contributed by atoms with Crippen molar-refractivity contribution in [2.75, 3.05) is 5.32 Å². The van der Waals surface area contributed by atoms with Crippen LogP contribution in [0, 0.1) is 6.92 Å². The average molecular weight is 297 g/mol. The maximum absolute atomic E-state index is 10.7. The van der Waals surface area contributed by atoms with Crippen molar-refractivity contribution < 1.29 is 14.4 Å². The number of hydrogen-bond acceptors (Lipinski definition) is 3. The van der Waals surface area contributed by atoms with Crippen LogP contribution in [-0.2, 0) is 0 Å². The zero-order valence-electron chi connectivity index (χ0n) is 8.90. The number of rotatable bonds is 2. The Hall–Kier alpha value is -1.82. The van der Waals surface area contributed by atoms with Gasteiger partial charge in [-0.2, -0.15) is 0 Å². The lowest BCUT2D eigenvalue weighted by atomic mass is 10.1. The van der Waals surface area contributed by atoms with E-state index in [0.29, 0.717) is 17.1 Å². The number of nitrogens with zero attached hydrogens (tertiary/aromatic N) is 1. The minimum absolute atomic E-state index is 0.375. The van der Waals surface area contributed by atoms with Gasteiger partial charge in [-0.25, -0.2) is 4.79 Å². The molecular weight excluding hydrogens is 288 g/mol. The average Bonchev–Trinajstić information content (AvgIpc) is 2.61. The third-order valence-corrected chi connectivity index (χ3v) is 2.74. The van der Waals surface area contributed by atoms with Crippen LogP contribution < -0.4 is 5.32 Å². The summed E-state index contributed by atoms with van der Waals surface area (Å²) in [6, 6.07) is 7.36. The number of nitrogens with one attached hydrogen (secondary N) is 1. The second kappa shape index (κ2) is 4.58. The van der Waals surface area contributed by atoms with Crippen molar-refractivity contribution >= 4 is 27.7 Å². The van der Waals surface area contributed by atoms with E-state index >= 15 is 0 Å². The Morgan fingerprint density at radius 3 is 2.65 bits per heavy atom. The number of hydrogen-bond donors (Lipinski definition) is 2. The Kier molecular flexibility index (Phi) is 3.14. The summed E-state index contributed by atoms with van der Waals surface area (Å²) in [5.41, 5.74) is 1.64. The molecule has 0 saturated carbocycles. The van der Waals surface area contributed by atoms with Crippen LogP contribution in [0.1, 0.15) is 5.76 Å². The van der Waals surface area contributed by atoms with E-state index < -0.39 is 6.09 Å². The summed E-state index contributed by atoms with van der Waals surface area (Å²) in [4.78, 5) is 10.7. The molecule has 0 aliphatic heterocycles. The summed E-state index contributed by atoms with van der Waals surface area (Å²) in [5, 5.41) is 14.9. The normalized spacial score (nSPS) is 10.2. The molecule has 0 spiro atoms. The number of halogens is 1. The smallest absolute Gasteiger partial charge is 0.409 e. The zero-order chi connectivity index (χ0) is 12.4. The molecule has 0 atom stereocenters. The molecule has 1 aromatic carbocycles. The molecule has 17 heavy (non-hydrogen) atoms. The molecule has 0 aliphatic rings. The lowest BCUT2D eigenvalue weighted by molar-refractivity contribution is 0.209. The van der Waals surface area contributed by atoms with Crippen molar-refractivity contribution in [1.82, 2.24) is 5.16 Å². The fourth-order valence-corrected chi connectivity index (χ4v) is 1.70. The van der Waals surface area contributed by atoms with Gasteiger partial charge in [0.05, 0.1) is 0 Å². The Balaban J connectivity index is 2.45. The Morgan fingerprint density at radius 1 is 1.41 bits per heavy atom. The van der Waals surface area contributed by atoms with Gasteiger partial charge in [0.1, 0.15) is 11.4 Å². The summed E-state index contributed by atoms with van der Waals surface area (Å²) < 4.78 is 5.93. The van der Waals surface area contributed by atoms with Gasteiger partial charge in [-0.05, 0) is 19.1 Å². The van der Waals surface area contributed by atoms with Crippen molar-refractivity contribution in [3.63, 3.8) is 0 Å². The van der Waals surface area contributed by atoms with Crippen LogP contribution in [0.3, 0.4) is 0 Å². The largest absolute Gasteiger partial charge is 0.465 e. The van der Waals surface area contributed by atoms with Crippen molar-refractivity contribution in [3.05, 3.63) is 34.5 Å². The second-order valence-corrected chi connectivity index (χ2v) is 4.32.